The van der Waals surface area contributed by atoms with Gasteiger partial charge in [-0.1, -0.05) is 0 Å². The zero-order valence-corrected chi connectivity index (χ0v) is 9.62. The van der Waals surface area contributed by atoms with Gasteiger partial charge in [-0.05, 0) is 0 Å². The van der Waals surface area contributed by atoms with E-state index in [4.69, 9.17) is 4.74 Å². The maximum absolute atomic E-state index is 4.89. The molecule has 1 aromatic rings. The SMILES string of the molecule is COc1cc[c-]cc1.Cl.[Zn]. The fourth-order valence-electron chi connectivity index (χ4n) is 0.508. The average molecular weight is 209 g/mol. The normalized spacial score (nSPS) is 6.90. The number of rotatable bonds is 1. The summed E-state index contributed by atoms with van der Waals surface area (Å²) in [6.07, 6.45) is 0. The molecule has 0 amide bonds. The van der Waals surface area contributed by atoms with E-state index in [2.05, 4.69) is 6.07 Å². The van der Waals surface area contributed by atoms with Crippen LogP contribution < -0.4 is 4.74 Å². The van der Waals surface area contributed by atoms with Gasteiger partial charge in [0.05, 0.1) is 7.11 Å². The molecule has 0 fully saturated rings. The monoisotopic (exact) mass is 207 g/mol. The number of hydrogen-bond donors (Lipinski definition) is 0. The van der Waals surface area contributed by atoms with E-state index < -0.39 is 0 Å². The van der Waals surface area contributed by atoms with Crippen molar-refractivity contribution in [3.05, 3.63) is 30.3 Å². The Bertz CT molecular complexity index is 155. The first-order valence-electron chi connectivity index (χ1n) is 2.43. The topological polar surface area (TPSA) is 9.23 Å². The summed E-state index contributed by atoms with van der Waals surface area (Å²) in [6, 6.07) is 10.2. The molecule has 0 N–H and O–H groups in total. The Morgan fingerprint density at radius 1 is 1.30 bits per heavy atom. The predicted octanol–water partition coefficient (Wildman–Crippen LogP) is 1.91. The van der Waals surface area contributed by atoms with Crippen LogP contribution in [0.3, 0.4) is 0 Å². The Balaban J connectivity index is 0. The zero-order chi connectivity index (χ0) is 5.82. The predicted molar refractivity (Wildman–Crippen MR) is 39.1 cm³/mol. The molecule has 0 aromatic heterocycles. The summed E-state index contributed by atoms with van der Waals surface area (Å²) in [5.74, 6) is 0.878. The van der Waals surface area contributed by atoms with Gasteiger partial charge in [-0.3, -0.25) is 0 Å². The van der Waals surface area contributed by atoms with Crippen molar-refractivity contribution in [2.45, 2.75) is 0 Å². The van der Waals surface area contributed by atoms with Crippen LogP contribution in [0.2, 0.25) is 0 Å². The van der Waals surface area contributed by atoms with E-state index in [1.54, 1.807) is 7.11 Å². The summed E-state index contributed by atoms with van der Waals surface area (Å²) in [6.45, 7) is 0. The van der Waals surface area contributed by atoms with E-state index in [1.807, 2.05) is 24.3 Å². The van der Waals surface area contributed by atoms with Crippen molar-refractivity contribution in [1.82, 2.24) is 0 Å². The minimum Gasteiger partial charge on any atom is -0.522 e. The molecule has 0 aliphatic heterocycles. The first-order chi connectivity index (χ1) is 3.93. The van der Waals surface area contributed by atoms with Crippen LogP contribution in [0.15, 0.2) is 24.3 Å². The molecule has 1 rings (SSSR count). The molecule has 10 heavy (non-hydrogen) atoms. The summed E-state index contributed by atoms with van der Waals surface area (Å²) in [5, 5.41) is 0. The molecule has 0 aliphatic carbocycles. The summed E-state index contributed by atoms with van der Waals surface area (Å²) >= 11 is 0. The average Bonchev–Trinajstić information content (AvgIpc) is 1.90. The third-order valence-electron chi connectivity index (χ3n) is 0.923. The van der Waals surface area contributed by atoms with Crippen molar-refractivity contribution in [2.24, 2.45) is 0 Å². The summed E-state index contributed by atoms with van der Waals surface area (Å²) in [4.78, 5) is 0. The largest absolute Gasteiger partial charge is 0.522 e. The van der Waals surface area contributed by atoms with Gasteiger partial charge >= 0.3 is 0 Å². The van der Waals surface area contributed by atoms with E-state index in [-0.39, 0.29) is 31.9 Å². The van der Waals surface area contributed by atoms with Gasteiger partial charge in [0.2, 0.25) is 0 Å². The van der Waals surface area contributed by atoms with Gasteiger partial charge in [-0.25, -0.2) is 0 Å². The van der Waals surface area contributed by atoms with Crippen LogP contribution in [0, 0.1) is 6.07 Å². The van der Waals surface area contributed by atoms with Crippen molar-refractivity contribution in [3.63, 3.8) is 0 Å². The van der Waals surface area contributed by atoms with Gasteiger partial charge in [-0.15, -0.1) is 24.5 Å². The molecule has 0 spiro atoms. The molecule has 0 atom stereocenters. The first kappa shape index (κ1) is 12.6. The number of benzene rings is 1. The standard InChI is InChI=1S/C7H7O.ClH.Zn/c1-8-7-5-3-2-4-6-7;;/h3-6H,1H3;1H;/q-1;;. The number of ether oxygens (including phenoxy) is 1. The van der Waals surface area contributed by atoms with E-state index in [1.165, 1.54) is 0 Å². The molecule has 0 saturated carbocycles. The molecule has 0 heterocycles. The molecule has 1 nitrogen and oxygen atoms in total. The maximum Gasteiger partial charge on any atom is 0.0743 e. The van der Waals surface area contributed by atoms with Crippen LogP contribution in [-0.4, -0.2) is 7.11 Å². The zero-order valence-electron chi connectivity index (χ0n) is 5.83. The van der Waals surface area contributed by atoms with Gasteiger partial charge in [0.25, 0.3) is 0 Å². The second-order valence-electron chi connectivity index (χ2n) is 1.44. The minimum atomic E-state index is 0. The molecule has 0 bridgehead atoms. The number of halogens is 1. The second kappa shape index (κ2) is 7.05. The maximum atomic E-state index is 4.89. The minimum absolute atomic E-state index is 0. The van der Waals surface area contributed by atoms with Gasteiger partial charge in [-0.2, -0.15) is 18.2 Å². The van der Waals surface area contributed by atoms with Gasteiger partial charge in [0.1, 0.15) is 0 Å². The molecule has 3 heteroatoms. The molecule has 0 aliphatic rings. The summed E-state index contributed by atoms with van der Waals surface area (Å²) < 4.78 is 4.89. The van der Waals surface area contributed by atoms with Crippen LogP contribution in [-0.2, 0) is 19.5 Å². The van der Waals surface area contributed by atoms with Crippen LogP contribution in [0.25, 0.3) is 0 Å². The van der Waals surface area contributed by atoms with Crippen LogP contribution in [0.4, 0.5) is 0 Å². The summed E-state index contributed by atoms with van der Waals surface area (Å²) in [7, 11) is 1.65. The molecule has 52 valence electrons. The van der Waals surface area contributed by atoms with Crippen molar-refractivity contribution >= 4 is 12.4 Å². The number of hydrogen-bond acceptors (Lipinski definition) is 1. The Hall–Kier alpha value is -0.0666. The number of methoxy groups -OCH3 is 1. The summed E-state index contributed by atoms with van der Waals surface area (Å²) in [5.41, 5.74) is 0. The van der Waals surface area contributed by atoms with Crippen molar-refractivity contribution in [3.8, 4) is 5.75 Å². The van der Waals surface area contributed by atoms with Gasteiger partial charge in [0.15, 0.2) is 0 Å². The van der Waals surface area contributed by atoms with E-state index >= 15 is 0 Å². The quantitative estimate of drug-likeness (QED) is 0.507. The molecule has 0 saturated heterocycles. The van der Waals surface area contributed by atoms with E-state index in [0.717, 1.165) is 5.75 Å². The smallest absolute Gasteiger partial charge is 0.0743 e. The van der Waals surface area contributed by atoms with Gasteiger partial charge in [0, 0.05) is 25.2 Å². The fourth-order valence-corrected chi connectivity index (χ4v) is 0.508. The molecule has 0 unspecified atom stereocenters. The second-order valence-corrected chi connectivity index (χ2v) is 1.44. The van der Waals surface area contributed by atoms with Crippen molar-refractivity contribution in [1.29, 1.82) is 0 Å². The molecule has 0 radical (unpaired) electrons. The van der Waals surface area contributed by atoms with E-state index in [0.29, 0.717) is 0 Å². The van der Waals surface area contributed by atoms with E-state index in [9.17, 15) is 0 Å². The molecular weight excluding hydrogens is 201 g/mol. The van der Waals surface area contributed by atoms with Crippen molar-refractivity contribution in [2.75, 3.05) is 7.11 Å². The molecular formula is C7H8ClOZn-. The Morgan fingerprint density at radius 2 is 1.80 bits per heavy atom. The molecule has 1 aromatic carbocycles. The Morgan fingerprint density at radius 3 is 2.10 bits per heavy atom. The Labute approximate surface area is 79.9 Å². The first-order valence-corrected chi connectivity index (χ1v) is 2.43. The third-order valence-corrected chi connectivity index (χ3v) is 0.923. The van der Waals surface area contributed by atoms with Crippen LogP contribution in [0.1, 0.15) is 0 Å². The van der Waals surface area contributed by atoms with Crippen molar-refractivity contribution < 1.29 is 24.2 Å². The van der Waals surface area contributed by atoms with Gasteiger partial charge < -0.3 is 4.74 Å². The Kier molecular flexibility index (Phi) is 8.87. The van der Waals surface area contributed by atoms with Crippen LogP contribution in [0.5, 0.6) is 5.75 Å². The third kappa shape index (κ3) is 3.87. The fraction of sp³-hybridized carbons (Fsp3) is 0.143. The van der Waals surface area contributed by atoms with Crippen LogP contribution >= 0.6 is 12.4 Å².